The molecule has 0 amide bonds. The largest absolute Gasteiger partial charge is 2.00 e. The van der Waals surface area contributed by atoms with Crippen molar-refractivity contribution < 1.29 is 26.7 Å². The zero-order valence-corrected chi connectivity index (χ0v) is 46.1. The van der Waals surface area contributed by atoms with Gasteiger partial charge in [-0.25, -0.2) is 0 Å². The maximum Gasteiger partial charge on any atom is 2.00 e. The Morgan fingerprint density at radius 3 is 1.11 bits per heavy atom. The van der Waals surface area contributed by atoms with Gasteiger partial charge in [0.25, 0.3) is 0 Å². The van der Waals surface area contributed by atoms with Gasteiger partial charge in [0.1, 0.15) is 0 Å². The molecule has 3 rings (SSSR count). The van der Waals surface area contributed by atoms with E-state index in [-0.39, 0.29) is 16.5 Å². The van der Waals surface area contributed by atoms with E-state index >= 15 is 0 Å². The van der Waals surface area contributed by atoms with Crippen LogP contribution in [0.4, 0.5) is 11.4 Å². The van der Waals surface area contributed by atoms with Crippen molar-refractivity contribution in [3.05, 3.63) is 83.4 Å². The topological polar surface area (TPSA) is 70.8 Å². The summed E-state index contributed by atoms with van der Waals surface area (Å²) in [6, 6.07) is 21.2. The minimum Gasteiger partial charge on any atom is -0.873 e. The average molecular weight is 998 g/mol. The van der Waals surface area contributed by atoms with Gasteiger partial charge in [-0.05, 0) is 81.1 Å². The Morgan fingerprint density at radius 2 is 0.771 bits per heavy atom. The molecule has 0 aliphatic rings. The fourth-order valence-electron chi connectivity index (χ4n) is 8.55. The van der Waals surface area contributed by atoms with Gasteiger partial charge in [0, 0.05) is 30.2 Å². The Morgan fingerprint density at radius 1 is 0.429 bits per heavy atom. The molecule has 0 unspecified atom stereocenters. The van der Waals surface area contributed by atoms with Crippen LogP contribution in [0, 0.1) is 30.6 Å². The molecule has 4 nitrogen and oxygen atoms in total. The summed E-state index contributed by atoms with van der Waals surface area (Å²) < 4.78 is 0. The van der Waals surface area contributed by atoms with E-state index in [0.717, 1.165) is 60.3 Å². The maximum absolute atomic E-state index is 10.7. The quantitative estimate of drug-likeness (QED) is 0.0248. The fraction of sp³-hybridized carbons (Fsp3) is 0.631. The van der Waals surface area contributed by atoms with Crippen LogP contribution in [-0.4, -0.2) is 11.9 Å². The molecule has 0 atom stereocenters. The standard InChI is InChI=1S/C58H92N2.C7H8O2.Ni/c1-4-7-10-12-14-16-18-20-22-24-26-28-30-32-34-36-38-40-42-54-45-49-56(50-46-54)59-53-58(44-9-6-3)60-57-51-47-55(48-52-57)43-41-39-37-35-33-31-29-27-25-23-21-19-17-15-13-11-8-5-2;1-5-3-2-4-6(8)7(5)9;/h45-53H,4-39,44H2,1-3H3;2-4,8-9H,1H3;/q;;+2/p-2. The summed E-state index contributed by atoms with van der Waals surface area (Å²) in [5.74, 6) is 12.7. The molecule has 0 aromatic heterocycles. The summed E-state index contributed by atoms with van der Waals surface area (Å²) in [5.41, 5.74) is 5.58. The number of unbranched alkanes of at least 4 members (excludes halogenated alkanes) is 33. The van der Waals surface area contributed by atoms with Crippen LogP contribution in [0.3, 0.4) is 0 Å². The second kappa shape index (κ2) is 47.5. The van der Waals surface area contributed by atoms with Crippen LogP contribution in [0.1, 0.15) is 275 Å². The van der Waals surface area contributed by atoms with E-state index in [1.807, 2.05) is 6.21 Å². The SMILES string of the molecule is CCCCCCCCCCCCCCCCCCC#Cc1ccc(N=CC(CCCC)=Nc2ccc(C#CCCCCCCCCCCCCCCCCCC)cc2)cc1.Cc1cccc([O-])c1[O-].[Ni+2]. The monoisotopic (exact) mass is 997 g/mol. The maximum atomic E-state index is 10.7. The van der Waals surface area contributed by atoms with Crippen molar-refractivity contribution in [2.24, 2.45) is 9.98 Å². The van der Waals surface area contributed by atoms with E-state index in [4.69, 9.17) is 9.98 Å². The molecule has 0 saturated carbocycles. The normalized spacial score (nSPS) is 11.1. The van der Waals surface area contributed by atoms with Gasteiger partial charge in [-0.3, -0.25) is 9.98 Å². The smallest absolute Gasteiger partial charge is 0.873 e. The summed E-state index contributed by atoms with van der Waals surface area (Å²) in [6.45, 7) is 8.45. The molecular formula is C65H98N2NiO2. The van der Waals surface area contributed by atoms with Gasteiger partial charge in [0.15, 0.2) is 0 Å². The van der Waals surface area contributed by atoms with Crippen molar-refractivity contribution in [1.82, 2.24) is 0 Å². The Labute approximate surface area is 441 Å². The van der Waals surface area contributed by atoms with E-state index < -0.39 is 11.5 Å². The zero-order chi connectivity index (χ0) is 49.5. The van der Waals surface area contributed by atoms with Gasteiger partial charge in [-0.15, -0.1) is 11.5 Å². The van der Waals surface area contributed by atoms with Gasteiger partial charge < -0.3 is 10.2 Å². The van der Waals surface area contributed by atoms with E-state index in [1.54, 1.807) is 19.1 Å². The molecule has 5 heteroatoms. The second-order valence-corrected chi connectivity index (χ2v) is 19.7. The number of hydrogen-bond donors (Lipinski definition) is 0. The van der Waals surface area contributed by atoms with Gasteiger partial charge in [-0.1, -0.05) is 267 Å². The Balaban J connectivity index is 0.00000219. The van der Waals surface area contributed by atoms with Crippen LogP contribution >= 0.6 is 0 Å². The summed E-state index contributed by atoms with van der Waals surface area (Å²) in [6.07, 6.45) is 52.0. The number of aryl methyl sites for hydroxylation is 1. The molecule has 0 radical (unpaired) electrons. The number of para-hydroxylation sites is 1. The molecule has 0 heterocycles. The van der Waals surface area contributed by atoms with E-state index in [1.165, 1.54) is 212 Å². The minimum absolute atomic E-state index is 0. The summed E-state index contributed by atoms with van der Waals surface area (Å²) >= 11 is 0. The average Bonchev–Trinajstić information content (AvgIpc) is 3.36. The third-order valence-electron chi connectivity index (χ3n) is 13.1. The molecule has 0 saturated heterocycles. The molecule has 0 spiro atoms. The van der Waals surface area contributed by atoms with Crippen LogP contribution in [0.2, 0.25) is 0 Å². The van der Waals surface area contributed by atoms with Crippen LogP contribution in [0.5, 0.6) is 11.5 Å². The van der Waals surface area contributed by atoms with Crippen LogP contribution in [0.15, 0.2) is 76.7 Å². The Kier molecular flexibility index (Phi) is 43.6. The Hall–Kier alpha value is -3.79. The molecule has 3 aromatic carbocycles. The molecule has 0 fully saturated rings. The van der Waals surface area contributed by atoms with Crippen LogP contribution < -0.4 is 10.2 Å². The van der Waals surface area contributed by atoms with Gasteiger partial charge in [0.2, 0.25) is 0 Å². The van der Waals surface area contributed by atoms with Crippen molar-refractivity contribution in [1.29, 1.82) is 0 Å². The van der Waals surface area contributed by atoms with Crippen molar-refractivity contribution in [3.63, 3.8) is 0 Å². The van der Waals surface area contributed by atoms with Crippen molar-refractivity contribution >= 4 is 23.3 Å². The van der Waals surface area contributed by atoms with Crippen molar-refractivity contribution in [3.8, 4) is 35.2 Å². The van der Waals surface area contributed by atoms with E-state index in [0.29, 0.717) is 5.56 Å². The van der Waals surface area contributed by atoms with Gasteiger partial charge in [0.05, 0.1) is 17.1 Å². The first-order valence-electron chi connectivity index (χ1n) is 28.7. The van der Waals surface area contributed by atoms with Gasteiger partial charge >= 0.3 is 16.5 Å². The third kappa shape index (κ3) is 37.1. The number of nitrogens with zero attached hydrogens (tertiary/aromatic N) is 2. The third-order valence-corrected chi connectivity index (χ3v) is 13.1. The summed E-state index contributed by atoms with van der Waals surface area (Å²) in [5, 5.41) is 21.2. The van der Waals surface area contributed by atoms with Crippen LogP contribution in [0.25, 0.3) is 0 Å². The molecule has 0 bridgehead atoms. The Bertz CT molecular complexity index is 1820. The fourth-order valence-corrected chi connectivity index (χ4v) is 8.55. The van der Waals surface area contributed by atoms with E-state index in [2.05, 4.69) is 93.0 Å². The first-order valence-corrected chi connectivity index (χ1v) is 28.7. The molecular weight excluding hydrogens is 899 g/mol. The number of aliphatic imine (C=N–C) groups is 2. The van der Waals surface area contributed by atoms with Crippen molar-refractivity contribution in [2.75, 3.05) is 0 Å². The molecule has 70 heavy (non-hydrogen) atoms. The molecule has 3 aromatic rings. The van der Waals surface area contributed by atoms with Crippen LogP contribution in [-0.2, 0) is 16.5 Å². The first-order chi connectivity index (χ1) is 34.0. The van der Waals surface area contributed by atoms with Crippen molar-refractivity contribution in [2.45, 2.75) is 265 Å². The summed E-state index contributed by atoms with van der Waals surface area (Å²) in [7, 11) is 0. The zero-order valence-electron chi connectivity index (χ0n) is 45.1. The first kappa shape index (κ1) is 64.2. The number of hydrogen-bond acceptors (Lipinski definition) is 4. The summed E-state index contributed by atoms with van der Waals surface area (Å²) in [4.78, 5) is 9.75. The molecule has 0 N–H and O–H groups in total. The van der Waals surface area contributed by atoms with E-state index in [9.17, 15) is 10.2 Å². The predicted molar refractivity (Wildman–Crippen MR) is 300 cm³/mol. The minimum atomic E-state index is -0.421. The molecule has 0 aliphatic heterocycles. The predicted octanol–water partition coefficient (Wildman–Crippen LogP) is 19.5. The number of benzene rings is 3. The number of rotatable bonds is 38. The second-order valence-electron chi connectivity index (χ2n) is 19.7. The van der Waals surface area contributed by atoms with Gasteiger partial charge in [-0.2, -0.15) is 0 Å². The molecule has 0 aliphatic carbocycles. The molecule has 390 valence electrons.